The van der Waals surface area contributed by atoms with Gasteiger partial charge in [-0.15, -0.1) is 17.5 Å². The van der Waals surface area contributed by atoms with E-state index in [-0.39, 0.29) is 12.4 Å². The number of methoxy groups -OCH3 is 1. The van der Waals surface area contributed by atoms with Gasteiger partial charge in [0.25, 0.3) is 0 Å². The third-order valence-corrected chi connectivity index (χ3v) is 3.88. The molecule has 1 heterocycles. The summed E-state index contributed by atoms with van der Waals surface area (Å²) in [4.78, 5) is 2.08. The van der Waals surface area contributed by atoms with Crippen molar-refractivity contribution < 1.29 is 9.47 Å². The summed E-state index contributed by atoms with van der Waals surface area (Å²) < 4.78 is 13.1. The van der Waals surface area contributed by atoms with E-state index < -0.39 is 0 Å². The highest BCUT2D eigenvalue weighted by molar-refractivity contribution is 5.85. The molecule has 0 N–H and O–H groups in total. The lowest BCUT2D eigenvalue weighted by atomic mass is 10.1. The van der Waals surface area contributed by atoms with Crippen molar-refractivity contribution in [3.8, 4) is 28.4 Å². The molecule has 26 heavy (non-hydrogen) atoms. The van der Waals surface area contributed by atoms with Crippen molar-refractivity contribution in [1.82, 2.24) is 14.7 Å². The summed E-state index contributed by atoms with van der Waals surface area (Å²) in [6.07, 6.45) is 2.00. The predicted molar refractivity (Wildman–Crippen MR) is 107 cm³/mol. The van der Waals surface area contributed by atoms with Crippen LogP contribution in [0.5, 0.6) is 11.6 Å². The number of likely N-dealkylation sites (N-methyl/N-ethyl adjacent to an activating group) is 1. The van der Waals surface area contributed by atoms with Crippen molar-refractivity contribution in [1.29, 1.82) is 0 Å². The molecule has 3 rings (SSSR count). The van der Waals surface area contributed by atoms with Gasteiger partial charge in [-0.1, -0.05) is 30.3 Å². The topological polar surface area (TPSA) is 39.5 Å². The minimum Gasteiger partial charge on any atom is -0.497 e. The number of benzene rings is 2. The van der Waals surface area contributed by atoms with Crippen LogP contribution in [0.4, 0.5) is 0 Å². The fourth-order valence-corrected chi connectivity index (χ4v) is 2.47. The molecule has 5 nitrogen and oxygen atoms in total. The summed E-state index contributed by atoms with van der Waals surface area (Å²) >= 11 is 0. The lowest BCUT2D eigenvalue weighted by Gasteiger charge is -2.10. The molecule has 0 spiro atoms. The van der Waals surface area contributed by atoms with Crippen LogP contribution in [0, 0.1) is 0 Å². The first-order valence-corrected chi connectivity index (χ1v) is 8.24. The summed E-state index contributed by atoms with van der Waals surface area (Å²) in [5.74, 6) is 1.46. The maximum Gasteiger partial charge on any atom is 0.241 e. The van der Waals surface area contributed by atoms with Gasteiger partial charge in [0.05, 0.1) is 18.4 Å². The second kappa shape index (κ2) is 9.27. The molecule has 6 heteroatoms. The Kier molecular flexibility index (Phi) is 7.06. The van der Waals surface area contributed by atoms with Gasteiger partial charge in [0.15, 0.2) is 0 Å². The first-order chi connectivity index (χ1) is 12.2. The predicted octanol–water partition coefficient (Wildman–Crippen LogP) is 3.91. The number of aromatic nitrogens is 2. The number of hydrogen-bond acceptors (Lipinski definition) is 4. The molecular weight excluding hydrogens is 350 g/mol. The smallest absolute Gasteiger partial charge is 0.241 e. The molecule has 0 saturated heterocycles. The van der Waals surface area contributed by atoms with Crippen molar-refractivity contribution in [2.75, 3.05) is 34.4 Å². The van der Waals surface area contributed by atoms with Crippen molar-refractivity contribution in [3.05, 3.63) is 60.8 Å². The largest absolute Gasteiger partial charge is 0.497 e. The molecule has 0 bridgehead atoms. The maximum absolute atomic E-state index is 5.96. The molecule has 0 atom stereocenters. The third kappa shape index (κ3) is 4.77. The van der Waals surface area contributed by atoms with Crippen LogP contribution in [-0.2, 0) is 0 Å². The van der Waals surface area contributed by atoms with E-state index in [9.17, 15) is 0 Å². The van der Waals surface area contributed by atoms with Gasteiger partial charge in [-0.2, -0.15) is 0 Å². The first kappa shape index (κ1) is 19.8. The lowest BCUT2D eigenvalue weighted by Crippen LogP contribution is -2.19. The Hall–Kier alpha value is -2.50. The highest BCUT2D eigenvalue weighted by atomic mass is 35.5. The zero-order chi connectivity index (χ0) is 17.6. The normalized spacial score (nSPS) is 10.5. The van der Waals surface area contributed by atoms with Crippen LogP contribution in [0.1, 0.15) is 0 Å². The molecule has 0 saturated carbocycles. The van der Waals surface area contributed by atoms with E-state index in [2.05, 4.69) is 10.00 Å². The van der Waals surface area contributed by atoms with Crippen LogP contribution in [0.25, 0.3) is 16.8 Å². The van der Waals surface area contributed by atoms with Crippen LogP contribution in [0.15, 0.2) is 60.8 Å². The number of halogens is 1. The van der Waals surface area contributed by atoms with Crippen LogP contribution in [0.3, 0.4) is 0 Å². The average Bonchev–Trinajstić information content (AvgIpc) is 3.06. The molecular formula is C20H24ClN3O2. The van der Waals surface area contributed by atoms with Gasteiger partial charge in [0, 0.05) is 12.7 Å². The molecule has 0 aliphatic heterocycles. The van der Waals surface area contributed by atoms with Crippen LogP contribution < -0.4 is 9.47 Å². The summed E-state index contributed by atoms with van der Waals surface area (Å²) in [5.41, 5.74) is 3.01. The van der Waals surface area contributed by atoms with Crippen molar-refractivity contribution in [2.24, 2.45) is 0 Å². The lowest BCUT2D eigenvalue weighted by molar-refractivity contribution is 0.253. The van der Waals surface area contributed by atoms with Crippen molar-refractivity contribution in [2.45, 2.75) is 0 Å². The van der Waals surface area contributed by atoms with E-state index in [1.165, 1.54) is 0 Å². The monoisotopic (exact) mass is 373 g/mol. The van der Waals surface area contributed by atoms with Gasteiger partial charge in [-0.05, 0) is 43.9 Å². The molecule has 0 aliphatic rings. The number of hydrogen-bond donors (Lipinski definition) is 0. The highest BCUT2D eigenvalue weighted by Gasteiger charge is 2.14. The molecule has 0 amide bonds. The minimum atomic E-state index is 0. The molecule has 0 unspecified atom stereocenters. The molecule has 138 valence electrons. The molecule has 0 aliphatic carbocycles. The van der Waals surface area contributed by atoms with Gasteiger partial charge in [-0.25, -0.2) is 4.68 Å². The van der Waals surface area contributed by atoms with Crippen LogP contribution >= 0.6 is 12.4 Å². The fraction of sp³-hybridized carbons (Fsp3) is 0.250. The molecule has 0 radical (unpaired) electrons. The molecule has 1 aromatic heterocycles. The second-order valence-corrected chi connectivity index (χ2v) is 6.01. The first-order valence-electron chi connectivity index (χ1n) is 8.24. The Morgan fingerprint density at radius 2 is 1.69 bits per heavy atom. The molecule has 3 aromatic rings. The van der Waals surface area contributed by atoms with Crippen molar-refractivity contribution >= 4 is 12.4 Å². The van der Waals surface area contributed by atoms with E-state index in [1.807, 2.05) is 79.6 Å². The van der Waals surface area contributed by atoms with Crippen molar-refractivity contribution in [3.63, 3.8) is 0 Å². The standard InChI is InChI=1S/C20H23N3O2.ClH/c1-22(2)13-14-25-20-19(16-9-11-18(24-3)12-10-16)15-23(21-20)17-7-5-4-6-8-17;/h4-12,15H,13-14H2,1-3H3;1H. The summed E-state index contributed by atoms with van der Waals surface area (Å²) in [7, 11) is 5.71. The fourth-order valence-electron chi connectivity index (χ4n) is 2.47. The summed E-state index contributed by atoms with van der Waals surface area (Å²) in [6, 6.07) is 18.0. The highest BCUT2D eigenvalue weighted by Crippen LogP contribution is 2.31. The second-order valence-electron chi connectivity index (χ2n) is 6.01. The third-order valence-electron chi connectivity index (χ3n) is 3.88. The summed E-state index contributed by atoms with van der Waals surface area (Å²) in [5, 5.41) is 4.64. The maximum atomic E-state index is 5.96. The summed E-state index contributed by atoms with van der Waals surface area (Å²) in [6.45, 7) is 1.42. The number of para-hydroxylation sites is 1. The minimum absolute atomic E-state index is 0. The zero-order valence-electron chi connectivity index (χ0n) is 15.3. The Bertz CT molecular complexity index is 802. The van der Waals surface area contributed by atoms with Gasteiger partial charge >= 0.3 is 0 Å². The Balaban J connectivity index is 0.00000243. The van der Waals surface area contributed by atoms with E-state index in [1.54, 1.807) is 7.11 Å². The van der Waals surface area contributed by atoms with Gasteiger partial charge in [0.2, 0.25) is 5.88 Å². The number of ether oxygens (including phenoxy) is 2. The SMILES string of the molecule is COc1ccc(-c2cn(-c3ccccc3)nc2OCCN(C)C)cc1.Cl. The quantitative estimate of drug-likeness (QED) is 0.629. The van der Waals surface area contributed by atoms with Gasteiger partial charge < -0.3 is 14.4 Å². The Morgan fingerprint density at radius 1 is 1.00 bits per heavy atom. The number of nitrogens with zero attached hydrogens (tertiary/aromatic N) is 3. The van der Waals surface area contributed by atoms with Gasteiger partial charge in [-0.3, -0.25) is 0 Å². The molecule has 2 aromatic carbocycles. The van der Waals surface area contributed by atoms with E-state index in [4.69, 9.17) is 9.47 Å². The average molecular weight is 374 g/mol. The van der Waals surface area contributed by atoms with E-state index in [0.29, 0.717) is 12.5 Å². The Labute approximate surface area is 160 Å². The van der Waals surface area contributed by atoms with E-state index >= 15 is 0 Å². The van der Waals surface area contributed by atoms with E-state index in [0.717, 1.165) is 29.1 Å². The Morgan fingerprint density at radius 3 is 2.31 bits per heavy atom. The molecule has 0 fully saturated rings. The van der Waals surface area contributed by atoms with Crippen LogP contribution in [0.2, 0.25) is 0 Å². The zero-order valence-corrected chi connectivity index (χ0v) is 16.1. The van der Waals surface area contributed by atoms with Crippen LogP contribution in [-0.4, -0.2) is 49.0 Å². The number of rotatable bonds is 7. The van der Waals surface area contributed by atoms with Gasteiger partial charge in [0.1, 0.15) is 12.4 Å².